The molecule has 20 heavy (non-hydrogen) atoms. The van der Waals surface area contributed by atoms with Gasteiger partial charge in [-0.15, -0.1) is 0 Å². The van der Waals surface area contributed by atoms with Crippen LogP contribution in [0, 0.1) is 6.92 Å². The number of benzene rings is 2. The Kier molecular flexibility index (Phi) is 4.25. The van der Waals surface area contributed by atoms with Gasteiger partial charge in [-0.2, -0.15) is 0 Å². The third-order valence-electron chi connectivity index (χ3n) is 2.96. The molecule has 0 bridgehead atoms. The number of carbonyl (C=O) groups excluding carboxylic acids is 1. The van der Waals surface area contributed by atoms with E-state index in [1.165, 1.54) is 7.11 Å². The average molecular weight is 271 g/mol. The van der Waals surface area contributed by atoms with Gasteiger partial charge >= 0.3 is 5.97 Å². The van der Waals surface area contributed by atoms with E-state index in [0.717, 1.165) is 11.1 Å². The van der Waals surface area contributed by atoms with Gasteiger partial charge in [-0.3, -0.25) is 0 Å². The molecule has 2 rings (SSSR count). The molecule has 0 fully saturated rings. The van der Waals surface area contributed by atoms with Crippen LogP contribution in [0.15, 0.2) is 42.5 Å². The molecule has 0 atom stereocenters. The molecule has 2 aromatic rings. The Hall–Kier alpha value is -2.49. The second-order valence-electron chi connectivity index (χ2n) is 4.49. The highest BCUT2D eigenvalue weighted by Crippen LogP contribution is 2.25. The molecule has 0 amide bonds. The third-order valence-corrected chi connectivity index (χ3v) is 2.96. The minimum atomic E-state index is -0.456. The number of rotatable bonds is 4. The van der Waals surface area contributed by atoms with Crippen molar-refractivity contribution < 1.29 is 14.3 Å². The van der Waals surface area contributed by atoms with Crippen LogP contribution < -0.4 is 10.5 Å². The lowest BCUT2D eigenvalue weighted by Crippen LogP contribution is -2.09. The predicted molar refractivity (Wildman–Crippen MR) is 77.7 cm³/mol. The van der Waals surface area contributed by atoms with Crippen molar-refractivity contribution >= 4 is 11.7 Å². The molecule has 0 saturated carbocycles. The van der Waals surface area contributed by atoms with Gasteiger partial charge in [0.05, 0.1) is 18.4 Å². The standard InChI is InChI=1S/C16H17NO3/c1-11-5-3-6-12(9-11)10-20-16(18)13-7-4-8-14(19-2)15(13)17/h3-9H,10,17H2,1-2H3. The zero-order chi connectivity index (χ0) is 14.5. The maximum atomic E-state index is 12.0. The number of ether oxygens (including phenoxy) is 2. The summed E-state index contributed by atoms with van der Waals surface area (Å²) in [5, 5.41) is 0. The highest BCUT2D eigenvalue weighted by atomic mass is 16.5. The van der Waals surface area contributed by atoms with Gasteiger partial charge in [0.2, 0.25) is 0 Å². The van der Waals surface area contributed by atoms with Crippen LogP contribution in [0.4, 0.5) is 5.69 Å². The van der Waals surface area contributed by atoms with Crippen LogP contribution >= 0.6 is 0 Å². The van der Waals surface area contributed by atoms with Crippen LogP contribution in [0.25, 0.3) is 0 Å². The van der Waals surface area contributed by atoms with Crippen molar-refractivity contribution in [2.24, 2.45) is 0 Å². The second-order valence-corrected chi connectivity index (χ2v) is 4.49. The van der Waals surface area contributed by atoms with Gasteiger partial charge < -0.3 is 15.2 Å². The summed E-state index contributed by atoms with van der Waals surface area (Å²) in [5.74, 6) is 0.0120. The molecule has 4 heteroatoms. The van der Waals surface area contributed by atoms with Crippen molar-refractivity contribution in [1.82, 2.24) is 0 Å². The molecule has 0 heterocycles. The summed E-state index contributed by atoms with van der Waals surface area (Å²) in [5.41, 5.74) is 8.54. The number of anilines is 1. The lowest BCUT2D eigenvalue weighted by Gasteiger charge is -2.10. The summed E-state index contributed by atoms with van der Waals surface area (Å²) in [6, 6.07) is 12.8. The van der Waals surface area contributed by atoms with Gasteiger partial charge in [0, 0.05) is 0 Å². The fourth-order valence-electron chi connectivity index (χ4n) is 1.93. The lowest BCUT2D eigenvalue weighted by atomic mass is 10.1. The Labute approximate surface area is 118 Å². The van der Waals surface area contributed by atoms with E-state index in [1.807, 2.05) is 31.2 Å². The van der Waals surface area contributed by atoms with E-state index in [0.29, 0.717) is 17.0 Å². The van der Waals surface area contributed by atoms with Crippen LogP contribution in [0.5, 0.6) is 5.75 Å². The van der Waals surface area contributed by atoms with Gasteiger partial charge in [0.15, 0.2) is 0 Å². The summed E-state index contributed by atoms with van der Waals surface area (Å²) in [6.07, 6.45) is 0. The van der Waals surface area contributed by atoms with Crippen LogP contribution in [-0.4, -0.2) is 13.1 Å². The highest BCUT2D eigenvalue weighted by molar-refractivity contribution is 5.96. The van der Waals surface area contributed by atoms with Gasteiger partial charge in [-0.1, -0.05) is 35.9 Å². The molecular weight excluding hydrogens is 254 g/mol. The molecule has 4 nitrogen and oxygen atoms in total. The number of aryl methyl sites for hydroxylation is 1. The van der Waals surface area contributed by atoms with Gasteiger partial charge in [0.25, 0.3) is 0 Å². The van der Waals surface area contributed by atoms with Gasteiger partial charge in [0.1, 0.15) is 12.4 Å². The Morgan fingerprint density at radius 1 is 1.20 bits per heavy atom. The number of hydrogen-bond acceptors (Lipinski definition) is 4. The first-order valence-electron chi connectivity index (χ1n) is 6.27. The van der Waals surface area contributed by atoms with Crippen molar-refractivity contribution in [3.05, 3.63) is 59.2 Å². The molecule has 0 aliphatic carbocycles. The molecule has 0 spiro atoms. The van der Waals surface area contributed by atoms with Crippen LogP contribution in [0.2, 0.25) is 0 Å². The van der Waals surface area contributed by atoms with Gasteiger partial charge in [-0.25, -0.2) is 4.79 Å². The number of nitrogens with two attached hydrogens (primary N) is 1. The first kappa shape index (κ1) is 13.9. The van der Waals surface area contributed by atoms with Crippen LogP contribution in [0.3, 0.4) is 0 Å². The maximum absolute atomic E-state index is 12.0. The molecule has 2 aromatic carbocycles. The van der Waals surface area contributed by atoms with E-state index in [-0.39, 0.29) is 6.61 Å². The van der Waals surface area contributed by atoms with Crippen molar-refractivity contribution in [3.63, 3.8) is 0 Å². The summed E-state index contributed by atoms with van der Waals surface area (Å²) >= 11 is 0. The third kappa shape index (κ3) is 3.09. The number of hydrogen-bond donors (Lipinski definition) is 1. The predicted octanol–water partition coefficient (Wildman–Crippen LogP) is 2.94. The molecule has 0 saturated heterocycles. The van der Waals surface area contributed by atoms with Crippen molar-refractivity contribution in [1.29, 1.82) is 0 Å². The molecule has 0 aromatic heterocycles. The maximum Gasteiger partial charge on any atom is 0.340 e. The minimum absolute atomic E-state index is 0.219. The number of methoxy groups -OCH3 is 1. The zero-order valence-electron chi connectivity index (χ0n) is 11.6. The Morgan fingerprint density at radius 2 is 1.95 bits per heavy atom. The fraction of sp³-hybridized carbons (Fsp3) is 0.188. The number of carbonyl (C=O) groups is 1. The van der Waals surface area contributed by atoms with E-state index in [1.54, 1.807) is 18.2 Å². The number of para-hydroxylation sites is 1. The van der Waals surface area contributed by atoms with Crippen molar-refractivity contribution in [2.75, 3.05) is 12.8 Å². The van der Waals surface area contributed by atoms with Crippen molar-refractivity contribution in [2.45, 2.75) is 13.5 Å². The summed E-state index contributed by atoms with van der Waals surface area (Å²) < 4.78 is 10.4. The second kappa shape index (κ2) is 6.10. The molecular formula is C16H17NO3. The quantitative estimate of drug-likeness (QED) is 0.686. The van der Waals surface area contributed by atoms with Crippen molar-refractivity contribution in [3.8, 4) is 5.75 Å². The van der Waals surface area contributed by atoms with Crippen LogP contribution in [-0.2, 0) is 11.3 Å². The van der Waals surface area contributed by atoms with E-state index >= 15 is 0 Å². The smallest absolute Gasteiger partial charge is 0.340 e. The topological polar surface area (TPSA) is 61.5 Å². The summed E-state index contributed by atoms with van der Waals surface area (Å²) in [7, 11) is 1.51. The van der Waals surface area contributed by atoms with E-state index < -0.39 is 5.97 Å². The monoisotopic (exact) mass is 271 g/mol. The largest absolute Gasteiger partial charge is 0.495 e. The first-order chi connectivity index (χ1) is 9.61. The molecule has 2 N–H and O–H groups in total. The minimum Gasteiger partial charge on any atom is -0.495 e. The van der Waals surface area contributed by atoms with Gasteiger partial charge in [-0.05, 0) is 24.6 Å². The summed E-state index contributed by atoms with van der Waals surface area (Å²) in [4.78, 5) is 12.0. The zero-order valence-corrected chi connectivity index (χ0v) is 11.6. The average Bonchev–Trinajstić information content (AvgIpc) is 2.45. The molecule has 0 radical (unpaired) electrons. The lowest BCUT2D eigenvalue weighted by molar-refractivity contribution is 0.0473. The number of esters is 1. The van der Waals surface area contributed by atoms with E-state index in [4.69, 9.17) is 15.2 Å². The molecule has 0 unspecified atom stereocenters. The Balaban J connectivity index is 2.09. The highest BCUT2D eigenvalue weighted by Gasteiger charge is 2.14. The number of nitrogen functional groups attached to an aromatic ring is 1. The Morgan fingerprint density at radius 3 is 2.65 bits per heavy atom. The normalized spacial score (nSPS) is 10.1. The van der Waals surface area contributed by atoms with E-state index in [2.05, 4.69) is 0 Å². The van der Waals surface area contributed by atoms with E-state index in [9.17, 15) is 4.79 Å². The summed E-state index contributed by atoms with van der Waals surface area (Å²) in [6.45, 7) is 2.21. The SMILES string of the molecule is COc1cccc(C(=O)OCc2cccc(C)c2)c1N. The molecule has 0 aliphatic rings. The first-order valence-corrected chi connectivity index (χ1v) is 6.27. The van der Waals surface area contributed by atoms with Crippen LogP contribution in [0.1, 0.15) is 21.5 Å². The molecule has 0 aliphatic heterocycles. The Bertz CT molecular complexity index is 623. The fourth-order valence-corrected chi connectivity index (χ4v) is 1.93. The molecule has 104 valence electrons.